The van der Waals surface area contributed by atoms with Crippen LogP contribution in [-0.2, 0) is 4.74 Å². The van der Waals surface area contributed by atoms with Gasteiger partial charge in [0, 0.05) is 10.8 Å². The Kier molecular flexibility index (Phi) is 4.69. The molecule has 0 amide bonds. The van der Waals surface area contributed by atoms with Gasteiger partial charge >= 0.3 is 5.97 Å². The lowest BCUT2D eigenvalue weighted by molar-refractivity contribution is 0.0149. The van der Waals surface area contributed by atoms with E-state index < -0.39 is 5.41 Å². The second kappa shape index (κ2) is 6.16. The van der Waals surface area contributed by atoms with Gasteiger partial charge in [-0.25, -0.2) is 4.79 Å². The lowest BCUT2D eigenvalue weighted by Gasteiger charge is -2.30. The van der Waals surface area contributed by atoms with Crippen molar-refractivity contribution in [2.75, 3.05) is 19.8 Å². The minimum absolute atomic E-state index is 0.0317. The molecule has 0 spiro atoms. The molecular formula is C17H24O4. The van der Waals surface area contributed by atoms with Crippen molar-refractivity contribution in [2.24, 2.45) is 16.7 Å². The summed E-state index contributed by atoms with van der Waals surface area (Å²) in [6, 6.07) is 8.93. The molecule has 0 aromatic heterocycles. The predicted molar refractivity (Wildman–Crippen MR) is 79.8 cm³/mol. The van der Waals surface area contributed by atoms with Gasteiger partial charge in [-0.1, -0.05) is 32.0 Å². The number of carbonyl (C=O) groups is 1. The van der Waals surface area contributed by atoms with Crippen molar-refractivity contribution < 1.29 is 19.7 Å². The summed E-state index contributed by atoms with van der Waals surface area (Å²) in [6.45, 7) is 4.39. The lowest BCUT2D eigenvalue weighted by atomic mass is 9.80. The zero-order valence-corrected chi connectivity index (χ0v) is 12.7. The molecule has 4 nitrogen and oxygen atoms in total. The number of esters is 1. The van der Waals surface area contributed by atoms with Crippen LogP contribution in [0.1, 0.15) is 37.0 Å². The Bertz CT molecular complexity index is 481. The van der Waals surface area contributed by atoms with E-state index in [1.807, 2.05) is 6.07 Å². The average molecular weight is 292 g/mol. The van der Waals surface area contributed by atoms with Gasteiger partial charge in [-0.2, -0.15) is 0 Å². The number of rotatable bonds is 5. The second-order valence-electron chi connectivity index (χ2n) is 6.69. The van der Waals surface area contributed by atoms with Gasteiger partial charge in [-0.15, -0.1) is 0 Å². The van der Waals surface area contributed by atoms with Gasteiger partial charge in [0.15, 0.2) is 0 Å². The van der Waals surface area contributed by atoms with Crippen LogP contribution >= 0.6 is 0 Å². The lowest BCUT2D eigenvalue weighted by Crippen LogP contribution is -2.31. The van der Waals surface area contributed by atoms with Crippen molar-refractivity contribution in [3.05, 3.63) is 35.9 Å². The molecular weight excluding hydrogens is 268 g/mol. The maximum atomic E-state index is 12.0. The molecule has 2 N–H and O–H groups in total. The van der Waals surface area contributed by atoms with Gasteiger partial charge in [0.1, 0.15) is 0 Å². The third-order valence-electron chi connectivity index (χ3n) is 4.92. The molecule has 0 bridgehead atoms. The number of benzene rings is 1. The minimum Gasteiger partial charge on any atom is -0.462 e. The smallest absolute Gasteiger partial charge is 0.338 e. The van der Waals surface area contributed by atoms with E-state index in [1.54, 1.807) is 24.3 Å². The number of aliphatic hydroxyl groups excluding tert-OH is 2. The van der Waals surface area contributed by atoms with E-state index in [-0.39, 0.29) is 30.5 Å². The maximum Gasteiger partial charge on any atom is 0.338 e. The molecule has 1 aliphatic carbocycles. The molecule has 0 aliphatic heterocycles. The molecule has 4 heteroatoms. The molecule has 21 heavy (non-hydrogen) atoms. The quantitative estimate of drug-likeness (QED) is 0.817. The number of ether oxygens (including phenoxy) is 1. The van der Waals surface area contributed by atoms with Crippen LogP contribution in [0, 0.1) is 16.7 Å². The first-order valence-corrected chi connectivity index (χ1v) is 7.39. The zero-order valence-electron chi connectivity index (χ0n) is 12.7. The van der Waals surface area contributed by atoms with Gasteiger partial charge in [0.05, 0.1) is 25.4 Å². The van der Waals surface area contributed by atoms with Gasteiger partial charge in [-0.05, 0) is 30.9 Å². The molecule has 1 aromatic carbocycles. The zero-order chi connectivity index (χ0) is 15.5. The van der Waals surface area contributed by atoms with E-state index in [4.69, 9.17) is 4.74 Å². The Morgan fingerprint density at radius 3 is 2.43 bits per heavy atom. The third-order valence-corrected chi connectivity index (χ3v) is 4.92. The second-order valence-corrected chi connectivity index (χ2v) is 6.69. The molecule has 0 radical (unpaired) electrons. The first-order valence-electron chi connectivity index (χ1n) is 7.39. The number of hydrogen-bond donors (Lipinski definition) is 2. The van der Waals surface area contributed by atoms with Crippen LogP contribution in [0.25, 0.3) is 0 Å². The monoisotopic (exact) mass is 292 g/mol. The van der Waals surface area contributed by atoms with Gasteiger partial charge in [-0.3, -0.25) is 0 Å². The van der Waals surface area contributed by atoms with E-state index in [0.29, 0.717) is 18.6 Å². The summed E-state index contributed by atoms with van der Waals surface area (Å²) >= 11 is 0. The fourth-order valence-electron chi connectivity index (χ4n) is 3.37. The summed E-state index contributed by atoms with van der Waals surface area (Å²) in [5, 5.41) is 19.1. The normalized spacial score (nSPS) is 27.5. The number of hydrogen-bond acceptors (Lipinski definition) is 4. The highest BCUT2D eigenvalue weighted by Crippen LogP contribution is 2.52. The van der Waals surface area contributed by atoms with E-state index in [0.717, 1.165) is 6.42 Å². The fourth-order valence-corrected chi connectivity index (χ4v) is 3.37. The highest BCUT2D eigenvalue weighted by atomic mass is 16.5. The Morgan fingerprint density at radius 1 is 1.29 bits per heavy atom. The summed E-state index contributed by atoms with van der Waals surface area (Å²) in [5.74, 6) is -0.0464. The molecule has 0 saturated heterocycles. The fraction of sp³-hybridized carbons (Fsp3) is 0.588. The SMILES string of the molecule is C[C@H]1CC(CO)(CO)C[C@@]1(C)COC(=O)c1ccccc1. The summed E-state index contributed by atoms with van der Waals surface area (Å²) in [7, 11) is 0. The van der Waals surface area contributed by atoms with Gasteiger partial charge in [0.25, 0.3) is 0 Å². The largest absolute Gasteiger partial charge is 0.462 e. The number of aliphatic hydroxyl groups is 2. The topological polar surface area (TPSA) is 66.8 Å². The van der Waals surface area contributed by atoms with E-state index in [1.165, 1.54) is 0 Å². The summed E-state index contributed by atoms with van der Waals surface area (Å²) in [4.78, 5) is 12.0. The Labute approximate surface area is 125 Å². The molecule has 116 valence electrons. The van der Waals surface area contributed by atoms with E-state index in [9.17, 15) is 15.0 Å². The van der Waals surface area contributed by atoms with Crippen molar-refractivity contribution in [2.45, 2.75) is 26.7 Å². The maximum absolute atomic E-state index is 12.0. The molecule has 2 atom stereocenters. The molecule has 2 rings (SSSR count). The van der Waals surface area contributed by atoms with Crippen LogP contribution in [0.3, 0.4) is 0 Å². The van der Waals surface area contributed by atoms with Crippen LogP contribution in [0.4, 0.5) is 0 Å². The van der Waals surface area contributed by atoms with Crippen LogP contribution in [0.5, 0.6) is 0 Å². The summed E-state index contributed by atoms with van der Waals surface area (Å²) < 4.78 is 5.47. The van der Waals surface area contributed by atoms with E-state index >= 15 is 0 Å². The van der Waals surface area contributed by atoms with Crippen molar-refractivity contribution in [3.63, 3.8) is 0 Å². The summed E-state index contributed by atoms with van der Waals surface area (Å²) in [5.41, 5.74) is -0.120. The standard InChI is InChI=1S/C17H24O4/c1-13-8-17(10-18,11-19)9-16(13,2)12-21-15(20)14-6-4-3-5-7-14/h3-7,13,18-19H,8-12H2,1-2H3/t13-,16-/m0/s1. The predicted octanol–water partition coefficient (Wildman–Crippen LogP) is 2.25. The highest BCUT2D eigenvalue weighted by molar-refractivity contribution is 5.89. The Hall–Kier alpha value is -1.39. The van der Waals surface area contributed by atoms with Crippen LogP contribution < -0.4 is 0 Å². The number of carbonyl (C=O) groups excluding carboxylic acids is 1. The molecule has 1 saturated carbocycles. The van der Waals surface area contributed by atoms with Crippen molar-refractivity contribution in [1.29, 1.82) is 0 Å². The minimum atomic E-state index is -0.451. The van der Waals surface area contributed by atoms with Gasteiger partial charge < -0.3 is 14.9 Å². The van der Waals surface area contributed by atoms with Crippen LogP contribution in [0.2, 0.25) is 0 Å². The molecule has 1 aromatic rings. The first kappa shape index (κ1) is 16.0. The molecule has 1 aliphatic rings. The molecule has 0 heterocycles. The Morgan fingerprint density at radius 2 is 1.90 bits per heavy atom. The van der Waals surface area contributed by atoms with Gasteiger partial charge in [0.2, 0.25) is 0 Å². The van der Waals surface area contributed by atoms with Crippen LogP contribution in [0.15, 0.2) is 30.3 Å². The molecule has 0 unspecified atom stereocenters. The van der Waals surface area contributed by atoms with E-state index in [2.05, 4.69) is 13.8 Å². The Balaban J connectivity index is 2.01. The third kappa shape index (κ3) is 3.27. The van der Waals surface area contributed by atoms with Crippen LogP contribution in [-0.4, -0.2) is 36.0 Å². The van der Waals surface area contributed by atoms with Crippen molar-refractivity contribution in [1.82, 2.24) is 0 Å². The molecule has 1 fully saturated rings. The first-order chi connectivity index (χ1) is 9.95. The highest BCUT2D eigenvalue weighted by Gasteiger charge is 2.50. The summed E-state index contributed by atoms with van der Waals surface area (Å²) in [6.07, 6.45) is 1.41. The van der Waals surface area contributed by atoms with Crippen molar-refractivity contribution >= 4 is 5.97 Å². The average Bonchev–Trinajstić information content (AvgIpc) is 2.78. The van der Waals surface area contributed by atoms with Crippen molar-refractivity contribution in [3.8, 4) is 0 Å².